The van der Waals surface area contributed by atoms with E-state index in [1.54, 1.807) is 18.7 Å². The normalized spacial score (nSPS) is 16.8. The van der Waals surface area contributed by atoms with Crippen LogP contribution in [0.1, 0.15) is 19.8 Å². The lowest BCUT2D eigenvalue weighted by Gasteiger charge is -2.26. The summed E-state index contributed by atoms with van der Waals surface area (Å²) in [4.78, 5) is 25.0. The fourth-order valence-corrected chi connectivity index (χ4v) is 2.73. The van der Waals surface area contributed by atoms with E-state index in [9.17, 15) is 9.59 Å². The van der Waals surface area contributed by atoms with Crippen LogP contribution in [0.15, 0.2) is 0 Å². The van der Waals surface area contributed by atoms with Crippen molar-refractivity contribution in [3.8, 4) is 0 Å². The van der Waals surface area contributed by atoms with Crippen LogP contribution in [-0.2, 0) is 19.1 Å². The Kier molecular flexibility index (Phi) is 8.64. The highest BCUT2D eigenvalue weighted by atomic mass is 32.2. The van der Waals surface area contributed by atoms with E-state index in [4.69, 9.17) is 15.2 Å². The molecule has 0 aromatic rings. The predicted molar refractivity (Wildman–Crippen MR) is 78.6 cm³/mol. The van der Waals surface area contributed by atoms with Gasteiger partial charge in [-0.25, -0.2) is 0 Å². The molecular weight excluding hydrogens is 280 g/mol. The maximum atomic E-state index is 11.9. The van der Waals surface area contributed by atoms with Gasteiger partial charge in [0.15, 0.2) is 0 Å². The first-order valence-corrected chi connectivity index (χ1v) is 8.16. The molecule has 0 aromatic heterocycles. The summed E-state index contributed by atoms with van der Waals surface area (Å²) < 4.78 is 10.0. The molecule has 1 amide bonds. The topological polar surface area (TPSA) is 81.9 Å². The van der Waals surface area contributed by atoms with Crippen LogP contribution in [0.5, 0.6) is 0 Å². The minimum absolute atomic E-state index is 0.184. The summed E-state index contributed by atoms with van der Waals surface area (Å²) in [6.45, 7) is 4.77. The SMILES string of the molecule is CCOC(=O)C(N)CSCCCC(=O)N1CCOCC1. The van der Waals surface area contributed by atoms with Crippen LogP contribution in [-0.4, -0.2) is 67.2 Å². The number of morpholine rings is 1. The van der Waals surface area contributed by atoms with E-state index in [0.717, 1.165) is 12.2 Å². The molecule has 0 aromatic carbocycles. The maximum absolute atomic E-state index is 11.9. The Morgan fingerprint density at radius 1 is 1.40 bits per heavy atom. The Labute approximate surface area is 124 Å². The van der Waals surface area contributed by atoms with Gasteiger partial charge in [-0.05, 0) is 19.1 Å². The number of nitrogens with two attached hydrogens (primary N) is 1. The largest absolute Gasteiger partial charge is 0.465 e. The van der Waals surface area contributed by atoms with Crippen molar-refractivity contribution in [2.45, 2.75) is 25.8 Å². The molecule has 116 valence electrons. The molecule has 2 N–H and O–H groups in total. The Bertz CT molecular complexity index is 309. The molecule has 0 radical (unpaired) electrons. The van der Waals surface area contributed by atoms with E-state index >= 15 is 0 Å². The molecule has 1 unspecified atom stereocenters. The number of amides is 1. The smallest absolute Gasteiger partial charge is 0.323 e. The number of rotatable bonds is 8. The first-order valence-electron chi connectivity index (χ1n) is 7.00. The second-order valence-corrected chi connectivity index (χ2v) is 5.68. The highest BCUT2D eigenvalue weighted by Gasteiger charge is 2.17. The lowest BCUT2D eigenvalue weighted by molar-refractivity contribution is -0.144. The van der Waals surface area contributed by atoms with Crippen molar-refractivity contribution in [3.63, 3.8) is 0 Å². The van der Waals surface area contributed by atoms with Gasteiger partial charge in [0.1, 0.15) is 6.04 Å². The van der Waals surface area contributed by atoms with Crippen LogP contribution in [0, 0.1) is 0 Å². The van der Waals surface area contributed by atoms with E-state index in [2.05, 4.69) is 0 Å². The average molecular weight is 304 g/mol. The van der Waals surface area contributed by atoms with Gasteiger partial charge < -0.3 is 20.1 Å². The first kappa shape index (κ1) is 17.3. The molecule has 7 heteroatoms. The summed E-state index contributed by atoms with van der Waals surface area (Å²) in [5.41, 5.74) is 5.68. The molecule has 0 spiro atoms. The van der Waals surface area contributed by atoms with Crippen LogP contribution >= 0.6 is 11.8 Å². The number of hydrogen-bond acceptors (Lipinski definition) is 6. The van der Waals surface area contributed by atoms with Crippen molar-refractivity contribution < 1.29 is 19.1 Å². The van der Waals surface area contributed by atoms with Gasteiger partial charge >= 0.3 is 5.97 Å². The number of carbonyl (C=O) groups is 2. The fourth-order valence-electron chi connectivity index (χ4n) is 1.82. The van der Waals surface area contributed by atoms with Crippen molar-refractivity contribution in [1.29, 1.82) is 0 Å². The summed E-state index contributed by atoms with van der Waals surface area (Å²) in [5, 5.41) is 0. The number of thioether (sulfide) groups is 1. The van der Waals surface area contributed by atoms with Gasteiger partial charge in [-0.1, -0.05) is 0 Å². The van der Waals surface area contributed by atoms with E-state index < -0.39 is 6.04 Å². The molecule has 0 aliphatic carbocycles. The second-order valence-electron chi connectivity index (χ2n) is 4.53. The van der Waals surface area contributed by atoms with Crippen LogP contribution in [0.2, 0.25) is 0 Å². The molecule has 1 aliphatic heterocycles. The zero-order valence-electron chi connectivity index (χ0n) is 12.0. The van der Waals surface area contributed by atoms with Crippen molar-refractivity contribution in [3.05, 3.63) is 0 Å². The molecule has 6 nitrogen and oxygen atoms in total. The highest BCUT2D eigenvalue weighted by Crippen LogP contribution is 2.09. The molecule has 1 aliphatic rings. The molecule has 0 saturated carbocycles. The number of ether oxygens (including phenoxy) is 2. The summed E-state index contributed by atoms with van der Waals surface area (Å²) in [6, 6.07) is -0.574. The monoisotopic (exact) mass is 304 g/mol. The molecular formula is C13H24N2O4S. The standard InChI is InChI=1S/C13H24N2O4S/c1-2-19-13(17)11(14)10-20-9-3-4-12(16)15-5-7-18-8-6-15/h11H,2-10,14H2,1H3. The Morgan fingerprint density at radius 2 is 2.10 bits per heavy atom. The third-order valence-corrected chi connectivity index (χ3v) is 4.10. The summed E-state index contributed by atoms with van der Waals surface area (Å²) in [7, 11) is 0. The molecule has 0 bridgehead atoms. The maximum Gasteiger partial charge on any atom is 0.323 e. The van der Waals surface area contributed by atoms with E-state index in [-0.39, 0.29) is 11.9 Å². The Balaban J connectivity index is 2.03. The molecule has 1 saturated heterocycles. The van der Waals surface area contributed by atoms with Crippen molar-refractivity contribution in [1.82, 2.24) is 4.90 Å². The number of esters is 1. The average Bonchev–Trinajstić information content (AvgIpc) is 2.47. The van der Waals surface area contributed by atoms with Crippen LogP contribution < -0.4 is 5.73 Å². The lowest BCUT2D eigenvalue weighted by atomic mass is 10.3. The van der Waals surface area contributed by atoms with E-state index in [1.807, 2.05) is 4.90 Å². The highest BCUT2D eigenvalue weighted by molar-refractivity contribution is 7.99. The number of carbonyl (C=O) groups excluding carboxylic acids is 2. The van der Waals surface area contributed by atoms with Crippen LogP contribution in [0.25, 0.3) is 0 Å². The molecule has 1 atom stereocenters. The van der Waals surface area contributed by atoms with Gasteiger partial charge in [0.25, 0.3) is 0 Å². The van der Waals surface area contributed by atoms with Gasteiger partial charge in [-0.2, -0.15) is 11.8 Å². The van der Waals surface area contributed by atoms with Crippen LogP contribution in [0.3, 0.4) is 0 Å². The van der Waals surface area contributed by atoms with Gasteiger partial charge in [-0.3, -0.25) is 9.59 Å². The third-order valence-electron chi connectivity index (χ3n) is 2.93. The summed E-state index contributed by atoms with van der Waals surface area (Å²) in [5.74, 6) is 1.18. The zero-order chi connectivity index (χ0) is 14.8. The third kappa shape index (κ3) is 6.58. The minimum atomic E-state index is -0.574. The fraction of sp³-hybridized carbons (Fsp3) is 0.846. The Hall–Kier alpha value is -0.790. The number of hydrogen-bond donors (Lipinski definition) is 1. The summed E-state index contributed by atoms with van der Waals surface area (Å²) >= 11 is 1.58. The first-order chi connectivity index (χ1) is 9.65. The minimum Gasteiger partial charge on any atom is -0.465 e. The summed E-state index contributed by atoms with van der Waals surface area (Å²) in [6.07, 6.45) is 1.35. The molecule has 20 heavy (non-hydrogen) atoms. The number of nitrogens with zero attached hydrogens (tertiary/aromatic N) is 1. The van der Waals surface area contributed by atoms with Gasteiger partial charge in [0.05, 0.1) is 19.8 Å². The predicted octanol–water partition coefficient (Wildman–Crippen LogP) is 0.249. The van der Waals surface area contributed by atoms with E-state index in [1.165, 1.54) is 0 Å². The molecule has 1 heterocycles. The van der Waals surface area contributed by atoms with Crippen molar-refractivity contribution >= 4 is 23.6 Å². The van der Waals surface area contributed by atoms with Crippen molar-refractivity contribution in [2.75, 3.05) is 44.4 Å². The lowest BCUT2D eigenvalue weighted by Crippen LogP contribution is -2.40. The van der Waals surface area contributed by atoms with Gasteiger partial charge in [0.2, 0.25) is 5.91 Å². The van der Waals surface area contributed by atoms with E-state index in [0.29, 0.717) is 45.1 Å². The Morgan fingerprint density at radius 3 is 2.75 bits per heavy atom. The van der Waals surface area contributed by atoms with Gasteiger partial charge in [-0.15, -0.1) is 0 Å². The van der Waals surface area contributed by atoms with Gasteiger partial charge in [0, 0.05) is 25.3 Å². The molecule has 1 rings (SSSR count). The van der Waals surface area contributed by atoms with Crippen molar-refractivity contribution in [2.24, 2.45) is 5.73 Å². The zero-order valence-corrected chi connectivity index (χ0v) is 12.8. The second kappa shape index (κ2) is 10.0. The van der Waals surface area contributed by atoms with Crippen LogP contribution in [0.4, 0.5) is 0 Å². The quantitative estimate of drug-likeness (QED) is 0.511. The molecule has 1 fully saturated rings.